The van der Waals surface area contributed by atoms with Gasteiger partial charge in [0, 0.05) is 54.8 Å². The lowest BCUT2D eigenvalue weighted by atomic mass is 9.73. The molecule has 14 heteroatoms. The average Bonchev–Trinajstić information content (AvgIpc) is 3.66. The SMILES string of the molecule is CO[C@@]1(C)CC(C)C(=O)C(C)C(=O)OCC2OC(=O)C(/C(N)=N/OCc3ncc(-c4ccon4)cn3)C2[C@@H](C)C(=O)[C@H](C)C1. The lowest BCUT2D eigenvalue weighted by Gasteiger charge is -2.35. The van der Waals surface area contributed by atoms with Gasteiger partial charge in [0.1, 0.15) is 48.1 Å². The van der Waals surface area contributed by atoms with Crippen LogP contribution in [0.1, 0.15) is 53.3 Å². The Morgan fingerprint density at radius 2 is 1.70 bits per heavy atom. The maximum absolute atomic E-state index is 13.8. The number of nitrogens with two attached hydrogens (primary N) is 1. The van der Waals surface area contributed by atoms with E-state index in [2.05, 4.69) is 20.3 Å². The van der Waals surface area contributed by atoms with Gasteiger partial charge in [0.2, 0.25) is 0 Å². The van der Waals surface area contributed by atoms with Crippen molar-refractivity contribution in [3.63, 3.8) is 0 Å². The maximum Gasteiger partial charge on any atom is 0.317 e. The minimum atomic E-state index is -1.15. The van der Waals surface area contributed by atoms with E-state index in [1.165, 1.54) is 20.3 Å². The van der Waals surface area contributed by atoms with Crippen LogP contribution < -0.4 is 5.73 Å². The van der Waals surface area contributed by atoms with E-state index >= 15 is 0 Å². The van der Waals surface area contributed by atoms with Crippen molar-refractivity contribution in [1.29, 1.82) is 0 Å². The first-order chi connectivity index (χ1) is 20.8. The highest BCUT2D eigenvalue weighted by molar-refractivity contribution is 6.02. The number of fused-ring (bicyclic) bond motifs is 1. The summed E-state index contributed by atoms with van der Waals surface area (Å²) in [6.45, 7) is 8.03. The number of amidine groups is 1. The van der Waals surface area contributed by atoms with Crippen LogP contribution in [0.15, 0.2) is 34.4 Å². The Balaban J connectivity index is 1.55. The molecule has 0 saturated carbocycles. The number of Topliss-reactive ketones (excluding diaryl/α,β-unsaturated/α-hetero) is 2. The van der Waals surface area contributed by atoms with Gasteiger partial charge in [-0.2, -0.15) is 0 Å². The summed E-state index contributed by atoms with van der Waals surface area (Å²) in [7, 11) is 1.53. The van der Waals surface area contributed by atoms with Gasteiger partial charge in [0.15, 0.2) is 18.3 Å². The first kappa shape index (κ1) is 32.7. The summed E-state index contributed by atoms with van der Waals surface area (Å²) >= 11 is 0. The highest BCUT2D eigenvalue weighted by atomic mass is 16.6. The molecule has 44 heavy (non-hydrogen) atoms. The normalized spacial score (nSPS) is 32.4. The van der Waals surface area contributed by atoms with Crippen LogP contribution in [-0.2, 0) is 44.8 Å². The van der Waals surface area contributed by atoms with Gasteiger partial charge >= 0.3 is 11.9 Å². The zero-order valence-electron chi connectivity index (χ0n) is 25.7. The zero-order chi connectivity index (χ0) is 32.2. The standard InChI is InChI=1S/C30H39N5O9/c1-15-9-30(5,40-6)10-16(2)26(37)18(4)28(38)41-13-21-23(17(3)25(15)36)24(29(39)44-21)27(31)35-43-14-22-32-11-19(12-33-22)20-7-8-42-34-20/h7-8,11-12,15-18,21,23-24H,9-10,13-14H2,1-6H3,(H2,31,35)/t15-,16?,17-,18?,21?,23?,24?,30-/m1/s1. The highest BCUT2D eigenvalue weighted by Crippen LogP contribution is 2.39. The Bertz CT molecular complexity index is 1380. The lowest BCUT2D eigenvalue weighted by molar-refractivity contribution is -0.160. The van der Waals surface area contributed by atoms with Crippen molar-refractivity contribution in [3.8, 4) is 11.3 Å². The second kappa shape index (κ2) is 13.6. The molecule has 2 aromatic rings. The second-order valence-corrected chi connectivity index (χ2v) is 11.9. The average molecular weight is 614 g/mol. The van der Waals surface area contributed by atoms with Crippen LogP contribution in [0, 0.1) is 35.5 Å². The van der Waals surface area contributed by atoms with E-state index in [9.17, 15) is 19.2 Å². The summed E-state index contributed by atoms with van der Waals surface area (Å²) < 4.78 is 21.6. The van der Waals surface area contributed by atoms with Crippen molar-refractivity contribution in [3.05, 3.63) is 30.5 Å². The van der Waals surface area contributed by atoms with E-state index in [4.69, 9.17) is 29.3 Å². The van der Waals surface area contributed by atoms with Crippen molar-refractivity contribution >= 4 is 29.3 Å². The van der Waals surface area contributed by atoms with Gasteiger partial charge in [-0.3, -0.25) is 19.2 Å². The molecule has 0 aliphatic carbocycles. The number of carbonyl (C=O) groups excluding carboxylic acids is 4. The molecule has 2 aliphatic heterocycles. The van der Waals surface area contributed by atoms with Gasteiger partial charge in [0.25, 0.3) is 0 Å². The van der Waals surface area contributed by atoms with Crippen LogP contribution in [0.25, 0.3) is 11.3 Å². The number of ketones is 2. The third-order valence-corrected chi connectivity index (χ3v) is 8.59. The number of nitrogens with zero attached hydrogens (tertiary/aromatic N) is 4. The third kappa shape index (κ3) is 7.12. The number of esters is 2. The summed E-state index contributed by atoms with van der Waals surface area (Å²) in [5, 5.41) is 7.76. The molecule has 14 nitrogen and oxygen atoms in total. The van der Waals surface area contributed by atoms with Gasteiger partial charge in [-0.25, -0.2) is 9.97 Å². The maximum atomic E-state index is 13.8. The summed E-state index contributed by atoms with van der Waals surface area (Å²) in [5.41, 5.74) is 6.66. The van der Waals surface area contributed by atoms with Crippen molar-refractivity contribution < 1.29 is 42.7 Å². The van der Waals surface area contributed by atoms with Crippen LogP contribution in [0.2, 0.25) is 0 Å². The van der Waals surface area contributed by atoms with Crippen molar-refractivity contribution in [2.45, 2.75) is 65.8 Å². The van der Waals surface area contributed by atoms with Crippen molar-refractivity contribution in [2.24, 2.45) is 46.4 Å². The fraction of sp³-hybridized carbons (Fsp3) is 0.600. The fourth-order valence-corrected chi connectivity index (χ4v) is 6.11. The molecule has 238 valence electrons. The molecule has 0 amide bonds. The minimum absolute atomic E-state index is 0.154. The summed E-state index contributed by atoms with van der Waals surface area (Å²) in [6, 6.07) is 1.67. The molecule has 2 aliphatic rings. The zero-order valence-corrected chi connectivity index (χ0v) is 25.7. The Labute approximate surface area is 255 Å². The van der Waals surface area contributed by atoms with Gasteiger partial charge in [-0.05, 0) is 26.7 Å². The molecular formula is C30H39N5O9. The topological polar surface area (TPSA) is 195 Å². The number of methoxy groups -OCH3 is 1. The largest absolute Gasteiger partial charge is 0.461 e. The molecule has 8 atom stereocenters. The molecule has 0 aromatic carbocycles. The van der Waals surface area contributed by atoms with E-state index in [-0.39, 0.29) is 30.6 Å². The Kier molecular flexibility index (Phi) is 10.1. The smallest absolute Gasteiger partial charge is 0.317 e. The molecule has 2 fully saturated rings. The number of hydrogen-bond acceptors (Lipinski definition) is 13. The molecule has 4 heterocycles. The summed E-state index contributed by atoms with van der Waals surface area (Å²) in [4.78, 5) is 66.6. The van der Waals surface area contributed by atoms with E-state index < -0.39 is 59.2 Å². The second-order valence-electron chi connectivity index (χ2n) is 11.9. The summed E-state index contributed by atoms with van der Waals surface area (Å²) in [5.74, 6) is -6.61. The van der Waals surface area contributed by atoms with Gasteiger partial charge in [0.05, 0.1) is 5.60 Å². The van der Waals surface area contributed by atoms with Crippen LogP contribution >= 0.6 is 0 Å². The highest BCUT2D eigenvalue weighted by Gasteiger charge is 2.52. The number of cyclic esters (lactones) is 1. The molecule has 2 aromatic heterocycles. The molecule has 0 bridgehead atoms. The molecule has 2 N–H and O–H groups in total. The van der Waals surface area contributed by atoms with Crippen LogP contribution in [0.5, 0.6) is 0 Å². The molecular weight excluding hydrogens is 574 g/mol. The van der Waals surface area contributed by atoms with E-state index in [0.717, 1.165) is 0 Å². The van der Waals surface area contributed by atoms with Crippen LogP contribution in [-0.4, -0.2) is 69.9 Å². The fourth-order valence-electron chi connectivity index (χ4n) is 6.11. The predicted molar refractivity (Wildman–Crippen MR) is 153 cm³/mol. The number of carbonyl (C=O) groups is 4. The van der Waals surface area contributed by atoms with Crippen LogP contribution in [0.3, 0.4) is 0 Å². The third-order valence-electron chi connectivity index (χ3n) is 8.59. The number of aromatic nitrogens is 3. The van der Waals surface area contributed by atoms with E-state index in [0.29, 0.717) is 29.9 Å². The Morgan fingerprint density at radius 3 is 2.32 bits per heavy atom. The molecule has 5 unspecified atom stereocenters. The molecule has 0 spiro atoms. The van der Waals surface area contributed by atoms with Crippen molar-refractivity contribution in [2.75, 3.05) is 13.7 Å². The van der Waals surface area contributed by atoms with Gasteiger partial charge < -0.3 is 29.3 Å². The van der Waals surface area contributed by atoms with Crippen molar-refractivity contribution in [1.82, 2.24) is 15.1 Å². The minimum Gasteiger partial charge on any atom is -0.461 e. The number of hydrogen-bond donors (Lipinski definition) is 1. The quantitative estimate of drug-likeness (QED) is 0.164. The first-order valence-corrected chi connectivity index (χ1v) is 14.5. The first-order valence-electron chi connectivity index (χ1n) is 14.5. The summed E-state index contributed by atoms with van der Waals surface area (Å²) in [6.07, 6.45) is 4.16. The van der Waals surface area contributed by atoms with E-state index in [1.54, 1.807) is 39.2 Å². The molecule has 4 rings (SSSR count). The number of oxime groups is 1. The van der Waals surface area contributed by atoms with Gasteiger partial charge in [-0.15, -0.1) is 0 Å². The Morgan fingerprint density at radius 1 is 1.05 bits per heavy atom. The number of rotatable bonds is 6. The predicted octanol–water partition coefficient (Wildman–Crippen LogP) is 2.50. The van der Waals surface area contributed by atoms with Gasteiger partial charge in [-0.1, -0.05) is 31.1 Å². The molecule has 2 saturated heterocycles. The monoisotopic (exact) mass is 613 g/mol. The van der Waals surface area contributed by atoms with Crippen LogP contribution in [0.4, 0.5) is 0 Å². The number of ether oxygens (including phenoxy) is 3. The molecule has 0 radical (unpaired) electrons. The Hall–Kier alpha value is -4.20. The van der Waals surface area contributed by atoms with E-state index in [1.807, 2.05) is 6.92 Å². The lowest BCUT2D eigenvalue weighted by Crippen LogP contribution is -2.44.